The fourth-order valence-electron chi connectivity index (χ4n) is 4.55. The van der Waals surface area contributed by atoms with Crippen molar-refractivity contribution < 1.29 is 9.47 Å². The molecule has 1 heterocycles. The van der Waals surface area contributed by atoms with Crippen molar-refractivity contribution in [1.29, 1.82) is 0 Å². The second-order valence-electron chi connectivity index (χ2n) is 7.04. The van der Waals surface area contributed by atoms with E-state index in [1.165, 1.54) is 63.6 Å². The van der Waals surface area contributed by atoms with Crippen LogP contribution in [0.25, 0.3) is 0 Å². The monoisotopic (exact) mass is 317 g/mol. The van der Waals surface area contributed by atoms with Gasteiger partial charge in [0.1, 0.15) is 5.75 Å². The highest BCUT2D eigenvalue weighted by molar-refractivity contribution is 5.29. The van der Waals surface area contributed by atoms with Crippen LogP contribution in [0.5, 0.6) is 5.75 Å². The molecule has 3 unspecified atom stereocenters. The Bertz CT molecular complexity index is 467. The summed E-state index contributed by atoms with van der Waals surface area (Å²) in [6, 6.07) is 9.15. The van der Waals surface area contributed by atoms with E-state index in [4.69, 9.17) is 9.47 Å². The van der Waals surface area contributed by atoms with E-state index in [2.05, 4.69) is 29.2 Å². The number of likely N-dealkylation sites (tertiary alicyclic amines) is 1. The minimum Gasteiger partial charge on any atom is -0.497 e. The average molecular weight is 317 g/mol. The number of piperidine rings is 1. The summed E-state index contributed by atoms with van der Waals surface area (Å²) in [6.45, 7) is 2.56. The number of benzene rings is 1. The van der Waals surface area contributed by atoms with Gasteiger partial charge >= 0.3 is 0 Å². The van der Waals surface area contributed by atoms with Crippen LogP contribution >= 0.6 is 0 Å². The molecule has 0 aromatic heterocycles. The van der Waals surface area contributed by atoms with Crippen LogP contribution in [-0.2, 0) is 4.74 Å². The summed E-state index contributed by atoms with van der Waals surface area (Å²) in [6.07, 6.45) is 9.66. The number of hydrogen-bond acceptors (Lipinski definition) is 3. The van der Waals surface area contributed by atoms with E-state index in [-0.39, 0.29) is 6.10 Å². The van der Waals surface area contributed by atoms with E-state index < -0.39 is 0 Å². The third-order valence-electron chi connectivity index (χ3n) is 5.73. The van der Waals surface area contributed by atoms with Crippen molar-refractivity contribution in [1.82, 2.24) is 4.90 Å². The van der Waals surface area contributed by atoms with Crippen molar-refractivity contribution in [2.45, 2.75) is 57.1 Å². The molecule has 128 valence electrons. The minimum absolute atomic E-state index is 0.202. The molecule has 1 saturated heterocycles. The summed E-state index contributed by atoms with van der Waals surface area (Å²) in [5.41, 5.74) is 1.29. The maximum Gasteiger partial charge on any atom is 0.118 e. The van der Waals surface area contributed by atoms with E-state index in [1.54, 1.807) is 7.11 Å². The maximum atomic E-state index is 6.00. The first-order valence-corrected chi connectivity index (χ1v) is 9.24. The number of nitrogens with zero attached hydrogens (tertiary/aromatic N) is 1. The highest BCUT2D eigenvalue weighted by Crippen LogP contribution is 2.40. The van der Waals surface area contributed by atoms with Gasteiger partial charge in [-0.2, -0.15) is 0 Å². The zero-order valence-corrected chi connectivity index (χ0v) is 14.7. The van der Waals surface area contributed by atoms with Crippen molar-refractivity contribution in [3.63, 3.8) is 0 Å². The second kappa shape index (κ2) is 8.16. The largest absolute Gasteiger partial charge is 0.497 e. The summed E-state index contributed by atoms with van der Waals surface area (Å²) in [4.78, 5) is 2.75. The molecule has 1 aliphatic carbocycles. The average Bonchev–Trinajstić information content (AvgIpc) is 2.64. The van der Waals surface area contributed by atoms with E-state index in [0.717, 1.165) is 5.75 Å². The minimum atomic E-state index is 0.202. The normalized spacial score (nSPS) is 27.6. The molecular weight excluding hydrogens is 286 g/mol. The Hall–Kier alpha value is -1.06. The summed E-state index contributed by atoms with van der Waals surface area (Å²) in [5.74, 6) is 1.53. The zero-order valence-electron chi connectivity index (χ0n) is 14.7. The van der Waals surface area contributed by atoms with Crippen LogP contribution in [0.15, 0.2) is 24.3 Å². The number of methoxy groups -OCH3 is 2. The molecule has 3 heteroatoms. The SMILES string of the molecule is COc1ccc(C(OC)C2CCCCC2N2CCCCC2)cc1. The van der Waals surface area contributed by atoms with Gasteiger partial charge in [0.05, 0.1) is 13.2 Å². The molecule has 3 atom stereocenters. The molecule has 2 fully saturated rings. The van der Waals surface area contributed by atoms with Gasteiger partial charge in [-0.15, -0.1) is 0 Å². The molecular formula is C20H31NO2. The fourth-order valence-corrected chi connectivity index (χ4v) is 4.55. The molecule has 1 aromatic carbocycles. The molecule has 1 saturated carbocycles. The van der Waals surface area contributed by atoms with Crippen LogP contribution in [-0.4, -0.2) is 38.3 Å². The lowest BCUT2D eigenvalue weighted by Gasteiger charge is -2.44. The topological polar surface area (TPSA) is 21.7 Å². The lowest BCUT2D eigenvalue weighted by molar-refractivity contribution is -0.0204. The standard InChI is InChI=1S/C20H31NO2/c1-22-17-12-10-16(11-13-17)20(23-2)18-8-4-5-9-19(18)21-14-6-3-7-15-21/h10-13,18-20H,3-9,14-15H2,1-2H3. The predicted octanol–water partition coefficient (Wildman–Crippen LogP) is 4.43. The van der Waals surface area contributed by atoms with E-state index in [9.17, 15) is 0 Å². The lowest BCUT2D eigenvalue weighted by atomic mass is 9.77. The Morgan fingerprint density at radius 2 is 1.61 bits per heavy atom. The summed E-state index contributed by atoms with van der Waals surface area (Å²) < 4.78 is 11.3. The van der Waals surface area contributed by atoms with Crippen molar-refractivity contribution in [2.24, 2.45) is 5.92 Å². The van der Waals surface area contributed by atoms with Gasteiger partial charge in [0.15, 0.2) is 0 Å². The molecule has 0 radical (unpaired) electrons. The van der Waals surface area contributed by atoms with Gasteiger partial charge in [-0.25, -0.2) is 0 Å². The third kappa shape index (κ3) is 3.89. The van der Waals surface area contributed by atoms with Gasteiger partial charge in [0.2, 0.25) is 0 Å². The highest BCUT2D eigenvalue weighted by atomic mass is 16.5. The Morgan fingerprint density at radius 1 is 0.913 bits per heavy atom. The lowest BCUT2D eigenvalue weighted by Crippen LogP contribution is -2.47. The second-order valence-corrected chi connectivity index (χ2v) is 7.04. The van der Waals surface area contributed by atoms with Gasteiger partial charge < -0.3 is 14.4 Å². The molecule has 1 aromatic rings. The zero-order chi connectivity index (χ0) is 16.1. The van der Waals surface area contributed by atoms with Gasteiger partial charge in [-0.1, -0.05) is 31.4 Å². The Balaban J connectivity index is 1.78. The smallest absolute Gasteiger partial charge is 0.118 e. The molecule has 0 N–H and O–H groups in total. The van der Waals surface area contributed by atoms with Gasteiger partial charge in [-0.3, -0.25) is 0 Å². The van der Waals surface area contributed by atoms with Crippen LogP contribution in [0.4, 0.5) is 0 Å². The maximum absolute atomic E-state index is 6.00. The van der Waals surface area contributed by atoms with Gasteiger partial charge in [-0.05, 0) is 56.5 Å². The Labute approximate surface area is 141 Å². The van der Waals surface area contributed by atoms with E-state index in [1.807, 2.05) is 7.11 Å². The van der Waals surface area contributed by atoms with E-state index in [0.29, 0.717) is 12.0 Å². The fraction of sp³-hybridized carbons (Fsp3) is 0.700. The third-order valence-corrected chi connectivity index (χ3v) is 5.73. The number of rotatable bonds is 5. The predicted molar refractivity (Wildman–Crippen MR) is 93.9 cm³/mol. The van der Waals surface area contributed by atoms with Crippen LogP contribution in [0.3, 0.4) is 0 Å². The van der Waals surface area contributed by atoms with Crippen LogP contribution < -0.4 is 4.74 Å². The summed E-state index contributed by atoms with van der Waals surface area (Å²) >= 11 is 0. The van der Waals surface area contributed by atoms with Crippen LogP contribution in [0.2, 0.25) is 0 Å². The molecule has 0 bridgehead atoms. The molecule has 0 amide bonds. The van der Waals surface area contributed by atoms with Crippen molar-refractivity contribution in [3.8, 4) is 5.75 Å². The molecule has 3 nitrogen and oxygen atoms in total. The highest BCUT2D eigenvalue weighted by Gasteiger charge is 2.36. The first kappa shape index (κ1) is 16.8. The first-order valence-electron chi connectivity index (χ1n) is 9.24. The Morgan fingerprint density at radius 3 is 2.26 bits per heavy atom. The first-order chi connectivity index (χ1) is 11.3. The van der Waals surface area contributed by atoms with Crippen molar-refractivity contribution in [3.05, 3.63) is 29.8 Å². The van der Waals surface area contributed by atoms with Crippen LogP contribution in [0.1, 0.15) is 56.6 Å². The summed E-state index contributed by atoms with van der Waals surface area (Å²) in [5, 5.41) is 0. The van der Waals surface area contributed by atoms with E-state index >= 15 is 0 Å². The summed E-state index contributed by atoms with van der Waals surface area (Å²) in [7, 11) is 3.59. The van der Waals surface area contributed by atoms with Crippen molar-refractivity contribution >= 4 is 0 Å². The molecule has 23 heavy (non-hydrogen) atoms. The Kier molecular flexibility index (Phi) is 5.96. The van der Waals surface area contributed by atoms with Gasteiger partial charge in [0, 0.05) is 19.1 Å². The molecule has 0 spiro atoms. The molecule has 1 aliphatic heterocycles. The molecule has 2 aliphatic rings. The van der Waals surface area contributed by atoms with Crippen LogP contribution in [0, 0.1) is 5.92 Å². The quantitative estimate of drug-likeness (QED) is 0.802. The number of hydrogen-bond donors (Lipinski definition) is 0. The molecule has 3 rings (SSSR count). The van der Waals surface area contributed by atoms with Gasteiger partial charge in [0.25, 0.3) is 0 Å². The van der Waals surface area contributed by atoms with Crippen molar-refractivity contribution in [2.75, 3.05) is 27.3 Å². The number of ether oxygens (including phenoxy) is 2.